The van der Waals surface area contributed by atoms with Crippen molar-refractivity contribution in [2.24, 2.45) is 0 Å². The first-order valence-electron chi connectivity index (χ1n) is 3.51. The van der Waals surface area contributed by atoms with Crippen LogP contribution in [-0.2, 0) is 0 Å². The summed E-state index contributed by atoms with van der Waals surface area (Å²) in [6.07, 6.45) is 2.16. The average Bonchev–Trinajstić information content (AvgIpc) is 2.14. The van der Waals surface area contributed by atoms with Gasteiger partial charge in [0, 0.05) is 0 Å². The molecule has 71 valence electrons. The summed E-state index contributed by atoms with van der Waals surface area (Å²) < 4.78 is 0.763. The number of H-pyrrole nitrogens is 1. The second-order valence-electron chi connectivity index (χ2n) is 2.35. The van der Waals surface area contributed by atoms with Crippen LogP contribution in [0.5, 0.6) is 0 Å². The first kappa shape index (κ1) is 9.62. The van der Waals surface area contributed by atoms with Crippen LogP contribution in [0.2, 0.25) is 0 Å². The smallest absolute Gasteiger partial charge is 0.330 e. The fourth-order valence-electron chi connectivity index (χ4n) is 0.801. The standard InChI is InChI=1S/C6H8N3O4/c10-1-4(2-11)9-3-7-8-5(12)6(9)13/h4,10-11H,1-2H2,(H,8,12). The molecular formula is C6H8N3O4. The van der Waals surface area contributed by atoms with Crippen molar-refractivity contribution in [3.05, 3.63) is 27.0 Å². The highest BCUT2D eigenvalue weighted by molar-refractivity contribution is 4.78. The van der Waals surface area contributed by atoms with Crippen LogP contribution < -0.4 is 11.1 Å². The highest BCUT2D eigenvalue weighted by Gasteiger charge is 2.11. The summed E-state index contributed by atoms with van der Waals surface area (Å²) in [5, 5.41) is 22.6. The molecule has 1 rings (SSSR count). The van der Waals surface area contributed by atoms with Crippen molar-refractivity contribution in [1.82, 2.24) is 14.8 Å². The Morgan fingerprint density at radius 1 is 1.46 bits per heavy atom. The molecule has 0 atom stereocenters. The number of nitrogens with zero attached hydrogens (tertiary/aromatic N) is 2. The zero-order valence-electron chi connectivity index (χ0n) is 6.60. The maximum atomic E-state index is 11.1. The average molecular weight is 186 g/mol. The molecular weight excluding hydrogens is 178 g/mol. The predicted molar refractivity (Wildman–Crippen MR) is 41.2 cm³/mol. The lowest BCUT2D eigenvalue weighted by atomic mass is 10.3. The number of aliphatic hydroxyl groups excluding tert-OH is 2. The molecule has 1 radical (unpaired) electrons. The molecule has 7 nitrogen and oxygen atoms in total. The maximum Gasteiger partial charge on any atom is 0.330 e. The molecule has 1 heterocycles. The minimum atomic E-state index is -0.911. The van der Waals surface area contributed by atoms with E-state index < -0.39 is 30.4 Å². The number of nitrogens with one attached hydrogen (secondary N) is 1. The predicted octanol–water partition coefficient (Wildman–Crippen LogP) is -2.74. The summed E-state index contributed by atoms with van der Waals surface area (Å²) in [6, 6.07) is -0.873. The third-order valence-corrected chi connectivity index (χ3v) is 1.51. The van der Waals surface area contributed by atoms with Gasteiger partial charge in [0.1, 0.15) is 0 Å². The molecule has 7 heteroatoms. The Hall–Kier alpha value is -1.47. The van der Waals surface area contributed by atoms with E-state index in [4.69, 9.17) is 10.2 Å². The Kier molecular flexibility index (Phi) is 2.93. The van der Waals surface area contributed by atoms with Crippen LogP contribution in [0.15, 0.2) is 9.59 Å². The molecule has 0 bridgehead atoms. The molecule has 0 aliphatic rings. The molecule has 0 spiro atoms. The summed E-state index contributed by atoms with van der Waals surface area (Å²) >= 11 is 0. The van der Waals surface area contributed by atoms with Crippen LogP contribution >= 0.6 is 0 Å². The van der Waals surface area contributed by atoms with E-state index in [1.807, 2.05) is 5.10 Å². The Balaban J connectivity index is 3.21. The number of hydrogen-bond donors (Lipinski definition) is 3. The highest BCUT2D eigenvalue weighted by Crippen LogP contribution is 1.96. The van der Waals surface area contributed by atoms with Crippen molar-refractivity contribution in [2.45, 2.75) is 6.04 Å². The highest BCUT2D eigenvalue weighted by atomic mass is 16.3. The lowest BCUT2D eigenvalue weighted by Gasteiger charge is -2.11. The van der Waals surface area contributed by atoms with Crippen molar-refractivity contribution >= 4 is 0 Å². The van der Waals surface area contributed by atoms with E-state index in [2.05, 4.69) is 11.4 Å². The van der Waals surface area contributed by atoms with Crippen molar-refractivity contribution < 1.29 is 10.2 Å². The fraction of sp³-hybridized carbons (Fsp3) is 0.500. The van der Waals surface area contributed by atoms with E-state index in [-0.39, 0.29) is 0 Å². The molecule has 0 unspecified atom stereocenters. The maximum absolute atomic E-state index is 11.1. The zero-order valence-corrected chi connectivity index (χ0v) is 6.60. The van der Waals surface area contributed by atoms with Gasteiger partial charge in [-0.05, 0) is 0 Å². The largest absolute Gasteiger partial charge is 0.394 e. The van der Waals surface area contributed by atoms with E-state index in [0.717, 1.165) is 4.57 Å². The van der Waals surface area contributed by atoms with Crippen molar-refractivity contribution in [3.63, 3.8) is 0 Å². The summed E-state index contributed by atoms with van der Waals surface area (Å²) in [6.45, 7) is -0.921. The van der Waals surface area contributed by atoms with E-state index in [1.165, 1.54) is 0 Å². The van der Waals surface area contributed by atoms with Gasteiger partial charge >= 0.3 is 11.1 Å². The summed E-state index contributed by atoms with van der Waals surface area (Å²) in [4.78, 5) is 21.8. The fourth-order valence-corrected chi connectivity index (χ4v) is 0.801. The van der Waals surface area contributed by atoms with Crippen LogP contribution in [0.4, 0.5) is 0 Å². The van der Waals surface area contributed by atoms with Gasteiger partial charge in [-0.2, -0.15) is 5.10 Å². The van der Waals surface area contributed by atoms with Crippen molar-refractivity contribution in [2.75, 3.05) is 13.2 Å². The van der Waals surface area contributed by atoms with Gasteiger partial charge in [0.05, 0.1) is 19.3 Å². The van der Waals surface area contributed by atoms with E-state index in [0.29, 0.717) is 0 Å². The molecule has 0 aliphatic heterocycles. The topological polar surface area (TPSA) is 108 Å². The van der Waals surface area contributed by atoms with Crippen molar-refractivity contribution in [1.29, 1.82) is 0 Å². The van der Waals surface area contributed by atoms with E-state index in [9.17, 15) is 9.59 Å². The van der Waals surface area contributed by atoms with Gasteiger partial charge in [0.2, 0.25) is 6.33 Å². The third kappa shape index (κ3) is 1.82. The molecule has 0 saturated carbocycles. The Labute approximate surface area is 72.3 Å². The molecule has 3 N–H and O–H groups in total. The molecule has 0 aromatic carbocycles. The molecule has 0 saturated heterocycles. The third-order valence-electron chi connectivity index (χ3n) is 1.51. The number of aromatic nitrogens is 3. The van der Waals surface area contributed by atoms with E-state index >= 15 is 0 Å². The lowest BCUT2D eigenvalue weighted by Crippen LogP contribution is -2.40. The Bertz CT molecular complexity index is 378. The van der Waals surface area contributed by atoms with Crippen LogP contribution in [0, 0.1) is 6.33 Å². The summed E-state index contributed by atoms with van der Waals surface area (Å²) in [5.41, 5.74) is -1.81. The zero-order chi connectivity index (χ0) is 9.84. The molecule has 0 amide bonds. The monoisotopic (exact) mass is 186 g/mol. The summed E-state index contributed by atoms with van der Waals surface area (Å²) in [5.74, 6) is 0. The number of aliphatic hydroxyl groups is 2. The van der Waals surface area contributed by atoms with Gasteiger partial charge in [0.15, 0.2) is 0 Å². The quantitative estimate of drug-likeness (QED) is 0.444. The van der Waals surface area contributed by atoms with Gasteiger partial charge < -0.3 is 10.2 Å². The normalized spacial score (nSPS) is 10.7. The minimum Gasteiger partial charge on any atom is -0.394 e. The Morgan fingerprint density at radius 3 is 2.62 bits per heavy atom. The molecule has 0 aliphatic carbocycles. The molecule has 1 aromatic rings. The number of aromatic amines is 1. The second-order valence-corrected chi connectivity index (χ2v) is 2.35. The van der Waals surface area contributed by atoms with Crippen LogP contribution in [0.3, 0.4) is 0 Å². The summed E-state index contributed by atoms with van der Waals surface area (Å²) in [7, 11) is 0. The van der Waals surface area contributed by atoms with Crippen LogP contribution in [0.25, 0.3) is 0 Å². The SMILES string of the molecule is O=c1[nH]n[c]n(C(CO)CO)c1=O. The van der Waals surface area contributed by atoms with Gasteiger partial charge in [0.25, 0.3) is 0 Å². The van der Waals surface area contributed by atoms with Crippen LogP contribution in [-0.4, -0.2) is 38.2 Å². The first-order valence-corrected chi connectivity index (χ1v) is 3.51. The Morgan fingerprint density at radius 2 is 2.08 bits per heavy atom. The molecule has 13 heavy (non-hydrogen) atoms. The second kappa shape index (κ2) is 3.97. The number of rotatable bonds is 3. The van der Waals surface area contributed by atoms with Gasteiger partial charge in [-0.25, -0.2) is 5.10 Å². The van der Waals surface area contributed by atoms with Gasteiger partial charge in [-0.3, -0.25) is 14.2 Å². The first-order chi connectivity index (χ1) is 6.20. The lowest BCUT2D eigenvalue weighted by molar-refractivity contribution is 0.150. The number of hydrogen-bond acceptors (Lipinski definition) is 5. The van der Waals surface area contributed by atoms with Crippen LogP contribution in [0.1, 0.15) is 6.04 Å². The van der Waals surface area contributed by atoms with E-state index in [1.54, 1.807) is 0 Å². The van der Waals surface area contributed by atoms with Gasteiger partial charge in [-0.1, -0.05) is 0 Å². The van der Waals surface area contributed by atoms with Crippen molar-refractivity contribution in [3.8, 4) is 0 Å². The molecule has 0 fully saturated rings. The van der Waals surface area contributed by atoms with Gasteiger partial charge in [-0.15, -0.1) is 0 Å². The molecule has 1 aromatic heterocycles. The minimum absolute atomic E-state index is 0.460.